The number of nitriles is 1. The molecule has 0 fully saturated rings. The molecule has 3 heterocycles. The van der Waals surface area contributed by atoms with Gasteiger partial charge in [-0.15, -0.1) is 0 Å². The number of hydrogen-bond acceptors (Lipinski definition) is 3. The first kappa shape index (κ1) is 10.8. The Morgan fingerprint density at radius 1 is 1.10 bits per heavy atom. The van der Waals surface area contributed by atoms with Crippen molar-refractivity contribution in [3.8, 4) is 17.2 Å². The zero-order valence-corrected chi connectivity index (χ0v) is 10.4. The molecule has 0 aliphatic rings. The lowest BCUT2D eigenvalue weighted by Crippen LogP contribution is -1.81. The van der Waals surface area contributed by atoms with Crippen LogP contribution in [0.1, 0.15) is 5.56 Å². The summed E-state index contributed by atoms with van der Waals surface area (Å²) in [5.41, 5.74) is 5.35. The molecular formula is C15H9N5. The van der Waals surface area contributed by atoms with Gasteiger partial charge in [0.15, 0.2) is 0 Å². The number of nitrogens with zero attached hydrogens (tertiary/aromatic N) is 3. The first-order valence-electron chi connectivity index (χ1n) is 6.16. The molecule has 0 aliphatic heterocycles. The molecular weight excluding hydrogens is 250 g/mol. The summed E-state index contributed by atoms with van der Waals surface area (Å²) in [5.74, 6) is 0. The quantitative estimate of drug-likeness (QED) is 0.551. The molecule has 0 unspecified atom stereocenters. The van der Waals surface area contributed by atoms with E-state index >= 15 is 0 Å². The van der Waals surface area contributed by atoms with Crippen molar-refractivity contribution in [2.45, 2.75) is 0 Å². The first-order chi connectivity index (χ1) is 9.85. The predicted molar refractivity (Wildman–Crippen MR) is 75.9 cm³/mol. The third-order valence-corrected chi connectivity index (χ3v) is 3.39. The molecule has 0 radical (unpaired) electrons. The second-order valence-corrected chi connectivity index (χ2v) is 4.57. The average Bonchev–Trinajstić information content (AvgIpc) is 3.11. The highest BCUT2D eigenvalue weighted by Gasteiger charge is 2.09. The van der Waals surface area contributed by atoms with Crippen molar-refractivity contribution in [2.75, 3.05) is 0 Å². The zero-order valence-electron chi connectivity index (χ0n) is 10.4. The lowest BCUT2D eigenvalue weighted by atomic mass is 10.0. The molecule has 0 aliphatic carbocycles. The molecule has 1 aromatic carbocycles. The van der Waals surface area contributed by atoms with Gasteiger partial charge in [-0.05, 0) is 23.8 Å². The third kappa shape index (κ3) is 1.49. The molecule has 5 heteroatoms. The molecule has 0 bridgehead atoms. The van der Waals surface area contributed by atoms with Crippen LogP contribution in [0.2, 0.25) is 0 Å². The van der Waals surface area contributed by atoms with Gasteiger partial charge in [0.05, 0.1) is 22.9 Å². The predicted octanol–water partition coefficient (Wildman–Crippen LogP) is 2.98. The van der Waals surface area contributed by atoms with E-state index in [4.69, 9.17) is 5.26 Å². The van der Waals surface area contributed by atoms with Gasteiger partial charge in [0.1, 0.15) is 11.7 Å². The maximum Gasteiger partial charge on any atom is 0.137 e. The van der Waals surface area contributed by atoms with E-state index in [2.05, 4.69) is 26.0 Å². The maximum absolute atomic E-state index is 9.00. The largest absolute Gasteiger partial charge is 0.346 e. The van der Waals surface area contributed by atoms with Gasteiger partial charge in [0.25, 0.3) is 0 Å². The lowest BCUT2D eigenvalue weighted by Gasteiger charge is -2.00. The van der Waals surface area contributed by atoms with Crippen molar-refractivity contribution >= 4 is 22.1 Å². The van der Waals surface area contributed by atoms with Crippen molar-refractivity contribution in [2.24, 2.45) is 0 Å². The van der Waals surface area contributed by atoms with Gasteiger partial charge < -0.3 is 9.97 Å². The van der Waals surface area contributed by atoms with Crippen LogP contribution in [0.4, 0.5) is 0 Å². The number of aromatic amines is 2. The van der Waals surface area contributed by atoms with Gasteiger partial charge in [0.2, 0.25) is 0 Å². The van der Waals surface area contributed by atoms with Crippen LogP contribution in [0.3, 0.4) is 0 Å². The second kappa shape index (κ2) is 3.93. The lowest BCUT2D eigenvalue weighted by molar-refractivity contribution is 1.31. The Morgan fingerprint density at radius 3 is 2.95 bits per heavy atom. The van der Waals surface area contributed by atoms with E-state index in [-0.39, 0.29) is 0 Å². The van der Waals surface area contributed by atoms with E-state index in [9.17, 15) is 0 Å². The number of hydrogen-bond donors (Lipinski definition) is 2. The zero-order chi connectivity index (χ0) is 13.5. The van der Waals surface area contributed by atoms with Crippen LogP contribution in [-0.4, -0.2) is 19.9 Å². The Morgan fingerprint density at radius 2 is 2.05 bits per heavy atom. The summed E-state index contributed by atoms with van der Waals surface area (Å²) in [6, 6.07) is 10.0. The molecule has 94 valence electrons. The Kier molecular flexibility index (Phi) is 2.12. The number of pyridine rings is 1. The summed E-state index contributed by atoms with van der Waals surface area (Å²) < 4.78 is 0. The molecule has 0 saturated heterocycles. The highest BCUT2D eigenvalue weighted by molar-refractivity contribution is 5.96. The first-order valence-corrected chi connectivity index (χ1v) is 6.16. The van der Waals surface area contributed by atoms with E-state index in [1.165, 1.54) is 0 Å². The molecule has 0 amide bonds. The number of benzene rings is 1. The fraction of sp³-hybridized carbons (Fsp3) is 0. The van der Waals surface area contributed by atoms with Crippen molar-refractivity contribution in [3.63, 3.8) is 0 Å². The van der Waals surface area contributed by atoms with Crippen LogP contribution in [0.15, 0.2) is 43.0 Å². The topological polar surface area (TPSA) is 81.2 Å². The normalized spacial score (nSPS) is 10.9. The number of fused-ring (bicyclic) bond motifs is 2. The van der Waals surface area contributed by atoms with Crippen LogP contribution < -0.4 is 0 Å². The second-order valence-electron chi connectivity index (χ2n) is 4.57. The molecule has 5 nitrogen and oxygen atoms in total. The number of imidazole rings is 1. The Labute approximate surface area is 113 Å². The standard InChI is InChI=1S/C15H9N5/c16-5-9-3-11-12(7-18-15(11)17-6-9)10-1-2-13-14(4-10)20-8-19-13/h1-4,6-8H,(H,17,18)(H,19,20). The summed E-state index contributed by atoms with van der Waals surface area (Å²) in [6.45, 7) is 0. The number of nitrogens with one attached hydrogen (secondary N) is 2. The molecule has 2 N–H and O–H groups in total. The molecule has 4 aromatic rings. The minimum Gasteiger partial charge on any atom is -0.346 e. The van der Waals surface area contributed by atoms with Crippen molar-refractivity contribution in [1.29, 1.82) is 5.26 Å². The van der Waals surface area contributed by atoms with E-state index in [0.29, 0.717) is 5.56 Å². The summed E-state index contributed by atoms with van der Waals surface area (Å²) in [6.07, 6.45) is 5.16. The summed E-state index contributed by atoms with van der Waals surface area (Å²) in [7, 11) is 0. The number of aromatic nitrogens is 4. The van der Waals surface area contributed by atoms with Crippen molar-refractivity contribution in [3.05, 3.63) is 48.5 Å². The highest BCUT2D eigenvalue weighted by atomic mass is 14.9. The van der Waals surface area contributed by atoms with Gasteiger partial charge in [-0.3, -0.25) is 0 Å². The fourth-order valence-corrected chi connectivity index (χ4v) is 2.41. The summed E-state index contributed by atoms with van der Waals surface area (Å²) >= 11 is 0. The van der Waals surface area contributed by atoms with Gasteiger partial charge in [0, 0.05) is 23.3 Å². The van der Waals surface area contributed by atoms with E-state index < -0.39 is 0 Å². The Hall–Kier alpha value is -3.13. The molecule has 20 heavy (non-hydrogen) atoms. The maximum atomic E-state index is 9.00. The molecule has 0 spiro atoms. The van der Waals surface area contributed by atoms with E-state index in [1.807, 2.05) is 30.5 Å². The Bertz CT molecular complexity index is 971. The van der Waals surface area contributed by atoms with Gasteiger partial charge >= 0.3 is 0 Å². The number of rotatable bonds is 1. The summed E-state index contributed by atoms with van der Waals surface area (Å²) in [4.78, 5) is 14.7. The van der Waals surface area contributed by atoms with E-state index in [1.54, 1.807) is 12.5 Å². The molecule has 0 atom stereocenters. The minimum absolute atomic E-state index is 0.556. The molecule has 0 saturated carbocycles. The van der Waals surface area contributed by atoms with Crippen LogP contribution in [0, 0.1) is 11.3 Å². The highest BCUT2D eigenvalue weighted by Crippen LogP contribution is 2.29. The van der Waals surface area contributed by atoms with Crippen molar-refractivity contribution < 1.29 is 0 Å². The van der Waals surface area contributed by atoms with Crippen molar-refractivity contribution in [1.82, 2.24) is 19.9 Å². The van der Waals surface area contributed by atoms with Crippen LogP contribution in [0.25, 0.3) is 33.2 Å². The minimum atomic E-state index is 0.556. The van der Waals surface area contributed by atoms with Gasteiger partial charge in [-0.2, -0.15) is 5.26 Å². The van der Waals surface area contributed by atoms with Crippen LogP contribution in [-0.2, 0) is 0 Å². The van der Waals surface area contributed by atoms with Gasteiger partial charge in [-0.1, -0.05) is 6.07 Å². The SMILES string of the molecule is N#Cc1cnc2[nH]cc(-c3ccc4nc[nH]c4c3)c2c1. The number of H-pyrrole nitrogens is 2. The van der Waals surface area contributed by atoms with Gasteiger partial charge in [-0.25, -0.2) is 9.97 Å². The monoisotopic (exact) mass is 259 g/mol. The molecule has 3 aromatic heterocycles. The third-order valence-electron chi connectivity index (χ3n) is 3.39. The smallest absolute Gasteiger partial charge is 0.137 e. The average molecular weight is 259 g/mol. The Balaban J connectivity index is 1.98. The fourth-order valence-electron chi connectivity index (χ4n) is 2.41. The van der Waals surface area contributed by atoms with Crippen LogP contribution >= 0.6 is 0 Å². The molecule has 4 rings (SSSR count). The van der Waals surface area contributed by atoms with Crippen LogP contribution in [0.5, 0.6) is 0 Å². The van der Waals surface area contributed by atoms with E-state index in [0.717, 1.165) is 33.2 Å². The summed E-state index contributed by atoms with van der Waals surface area (Å²) in [5, 5.41) is 9.94.